The normalized spacial score (nSPS) is 16.9. The van der Waals surface area contributed by atoms with Crippen molar-refractivity contribution in [2.75, 3.05) is 25.6 Å². The Hall–Kier alpha value is -3.46. The van der Waals surface area contributed by atoms with E-state index in [0.29, 0.717) is 47.1 Å². The topological polar surface area (TPSA) is 87.5 Å². The molecule has 3 aromatic rings. The van der Waals surface area contributed by atoms with Crippen LogP contribution in [0.25, 0.3) is 0 Å². The number of aromatic nitrogens is 3. The second-order valence-electron chi connectivity index (χ2n) is 7.40. The molecule has 0 spiro atoms. The summed E-state index contributed by atoms with van der Waals surface area (Å²) in [4.78, 5) is 17.4. The van der Waals surface area contributed by atoms with Gasteiger partial charge in [0.2, 0.25) is 11.1 Å². The Kier molecular flexibility index (Phi) is 5.48. The molecule has 0 radical (unpaired) electrons. The van der Waals surface area contributed by atoms with Crippen molar-refractivity contribution in [3.05, 3.63) is 70.9 Å². The molecule has 8 nitrogen and oxygen atoms in total. The quantitative estimate of drug-likeness (QED) is 0.464. The molecular formula is C23H22N4O4S. The lowest BCUT2D eigenvalue weighted by Gasteiger charge is -2.28. The Morgan fingerprint density at radius 2 is 1.97 bits per heavy atom. The Bertz CT molecular complexity index is 1190. The Balaban J connectivity index is 1.53. The molecule has 0 saturated carbocycles. The predicted octanol–water partition coefficient (Wildman–Crippen LogP) is 3.80. The summed E-state index contributed by atoms with van der Waals surface area (Å²) >= 11 is 1.54. The molecule has 1 N–H and O–H groups in total. The monoisotopic (exact) mass is 450 g/mol. The van der Waals surface area contributed by atoms with Crippen molar-refractivity contribution in [1.29, 1.82) is 0 Å². The standard InChI is InChI=1S/C23H22N4O4S/c1-14-19(21(28)29-2)20(16-8-9-17-18(12-16)31-11-10-30-17)27-22(24-14)25-23(26-27)32-13-15-6-4-3-5-7-15/h3-9,12,20H,10-11,13H2,1-2H3,(H,24,25,26). The molecule has 0 amide bonds. The van der Waals surface area contributed by atoms with Crippen LogP contribution >= 0.6 is 11.8 Å². The van der Waals surface area contributed by atoms with Gasteiger partial charge in [-0.2, -0.15) is 4.98 Å². The van der Waals surface area contributed by atoms with Crippen molar-refractivity contribution in [2.24, 2.45) is 0 Å². The number of anilines is 1. The third-order valence-corrected chi connectivity index (χ3v) is 6.24. The number of rotatable bonds is 5. The number of nitrogens with one attached hydrogen (secondary N) is 1. The number of ether oxygens (including phenoxy) is 3. The SMILES string of the molecule is COC(=O)C1=C(C)Nc2nc(SCc3ccccc3)nn2C1c1ccc2c(c1)OCCO2. The van der Waals surface area contributed by atoms with Crippen LogP contribution in [-0.2, 0) is 15.3 Å². The first-order valence-electron chi connectivity index (χ1n) is 10.2. The van der Waals surface area contributed by atoms with E-state index in [-0.39, 0.29) is 0 Å². The summed E-state index contributed by atoms with van der Waals surface area (Å²) in [5.74, 6) is 2.23. The Labute approximate surface area is 189 Å². The second-order valence-corrected chi connectivity index (χ2v) is 8.34. The first-order chi connectivity index (χ1) is 15.6. The predicted molar refractivity (Wildman–Crippen MR) is 120 cm³/mol. The van der Waals surface area contributed by atoms with E-state index in [4.69, 9.17) is 19.3 Å². The fourth-order valence-corrected chi connectivity index (χ4v) is 4.61. The highest BCUT2D eigenvalue weighted by molar-refractivity contribution is 7.98. The van der Waals surface area contributed by atoms with E-state index in [1.54, 1.807) is 16.4 Å². The molecule has 0 bridgehead atoms. The van der Waals surface area contributed by atoms with Crippen molar-refractivity contribution in [3.8, 4) is 11.5 Å². The highest BCUT2D eigenvalue weighted by atomic mass is 32.2. The van der Waals surface area contributed by atoms with Gasteiger partial charge in [-0.05, 0) is 30.2 Å². The van der Waals surface area contributed by atoms with Gasteiger partial charge < -0.3 is 19.5 Å². The summed E-state index contributed by atoms with van der Waals surface area (Å²) < 4.78 is 18.2. The first kappa shape index (κ1) is 20.4. The molecule has 1 aromatic heterocycles. The van der Waals surface area contributed by atoms with Crippen molar-refractivity contribution >= 4 is 23.7 Å². The summed E-state index contributed by atoms with van der Waals surface area (Å²) in [7, 11) is 1.38. The van der Waals surface area contributed by atoms with Crippen molar-refractivity contribution in [1.82, 2.24) is 14.8 Å². The number of carbonyl (C=O) groups excluding carboxylic acids is 1. The number of fused-ring (bicyclic) bond motifs is 2. The van der Waals surface area contributed by atoms with E-state index in [2.05, 4.69) is 22.4 Å². The molecule has 1 unspecified atom stereocenters. The minimum Gasteiger partial charge on any atom is -0.486 e. The number of allylic oxidation sites excluding steroid dienone is 1. The zero-order valence-corrected chi connectivity index (χ0v) is 18.5. The van der Waals surface area contributed by atoms with E-state index in [1.165, 1.54) is 12.7 Å². The third-order valence-electron chi connectivity index (χ3n) is 5.33. The van der Waals surface area contributed by atoms with Crippen LogP contribution in [0, 0.1) is 0 Å². The summed E-state index contributed by atoms with van der Waals surface area (Å²) in [6.07, 6.45) is 0. The van der Waals surface area contributed by atoms with Crippen LogP contribution in [-0.4, -0.2) is 41.1 Å². The van der Waals surface area contributed by atoms with Gasteiger partial charge in [-0.25, -0.2) is 9.48 Å². The first-order valence-corrected chi connectivity index (χ1v) is 11.2. The lowest BCUT2D eigenvalue weighted by atomic mass is 9.95. The van der Waals surface area contributed by atoms with Gasteiger partial charge in [0.1, 0.15) is 19.3 Å². The lowest BCUT2D eigenvalue weighted by Crippen LogP contribution is -2.29. The molecule has 2 aliphatic heterocycles. The molecule has 32 heavy (non-hydrogen) atoms. The van der Waals surface area contributed by atoms with Gasteiger partial charge in [0.05, 0.1) is 12.7 Å². The number of nitrogens with zero attached hydrogens (tertiary/aromatic N) is 3. The molecule has 2 aliphatic rings. The molecule has 2 aromatic carbocycles. The van der Waals surface area contributed by atoms with Crippen LogP contribution in [0.15, 0.2) is 65.0 Å². The highest BCUT2D eigenvalue weighted by Gasteiger charge is 2.35. The maximum atomic E-state index is 12.7. The molecule has 0 aliphatic carbocycles. The summed E-state index contributed by atoms with van der Waals surface area (Å²) in [5, 5.41) is 8.56. The van der Waals surface area contributed by atoms with Crippen molar-refractivity contribution in [2.45, 2.75) is 23.9 Å². The van der Waals surface area contributed by atoms with Gasteiger partial charge in [-0.3, -0.25) is 0 Å². The summed E-state index contributed by atoms with van der Waals surface area (Å²) in [6.45, 7) is 2.84. The van der Waals surface area contributed by atoms with Crippen molar-refractivity contribution < 1.29 is 19.0 Å². The van der Waals surface area contributed by atoms with Crippen molar-refractivity contribution in [3.63, 3.8) is 0 Å². The summed E-state index contributed by atoms with van der Waals surface area (Å²) in [5.41, 5.74) is 3.17. The molecule has 5 rings (SSSR count). The average Bonchev–Trinajstić information content (AvgIpc) is 3.24. The maximum Gasteiger partial charge on any atom is 0.338 e. The van der Waals surface area contributed by atoms with Gasteiger partial charge >= 0.3 is 5.97 Å². The number of methoxy groups -OCH3 is 1. The number of hydrogen-bond donors (Lipinski definition) is 1. The fourth-order valence-electron chi connectivity index (χ4n) is 3.83. The van der Waals surface area contributed by atoms with Gasteiger partial charge in [0, 0.05) is 11.4 Å². The smallest absolute Gasteiger partial charge is 0.338 e. The molecule has 1 atom stereocenters. The Morgan fingerprint density at radius 3 is 2.75 bits per heavy atom. The zero-order valence-electron chi connectivity index (χ0n) is 17.7. The average molecular weight is 451 g/mol. The van der Waals surface area contributed by atoms with Gasteiger partial charge in [-0.1, -0.05) is 48.2 Å². The van der Waals surface area contributed by atoms with Crippen LogP contribution in [0.2, 0.25) is 0 Å². The van der Waals surface area contributed by atoms with E-state index in [0.717, 1.165) is 11.3 Å². The molecule has 0 saturated heterocycles. The highest BCUT2D eigenvalue weighted by Crippen LogP contribution is 2.40. The fraction of sp³-hybridized carbons (Fsp3) is 0.261. The van der Waals surface area contributed by atoms with Crippen LogP contribution in [0.4, 0.5) is 5.95 Å². The van der Waals surface area contributed by atoms with E-state index >= 15 is 0 Å². The lowest BCUT2D eigenvalue weighted by molar-refractivity contribution is -0.136. The Morgan fingerprint density at radius 1 is 1.19 bits per heavy atom. The van der Waals surface area contributed by atoms with Gasteiger partial charge in [0.15, 0.2) is 11.5 Å². The molecule has 3 heterocycles. The van der Waals surface area contributed by atoms with E-state index in [1.807, 2.05) is 43.3 Å². The van der Waals surface area contributed by atoms with Gasteiger partial charge in [-0.15, -0.1) is 5.10 Å². The number of carbonyl (C=O) groups is 1. The second kappa shape index (κ2) is 8.58. The third kappa shape index (κ3) is 3.80. The molecule has 164 valence electrons. The van der Waals surface area contributed by atoms with Crippen LogP contribution in [0.3, 0.4) is 0 Å². The molecule has 9 heteroatoms. The maximum absolute atomic E-state index is 12.7. The largest absolute Gasteiger partial charge is 0.486 e. The zero-order chi connectivity index (χ0) is 22.1. The number of benzene rings is 2. The minimum absolute atomic E-state index is 0.422. The van der Waals surface area contributed by atoms with Crippen LogP contribution in [0.5, 0.6) is 11.5 Å². The van der Waals surface area contributed by atoms with E-state index in [9.17, 15) is 4.79 Å². The van der Waals surface area contributed by atoms with E-state index < -0.39 is 12.0 Å². The van der Waals surface area contributed by atoms with Crippen LogP contribution < -0.4 is 14.8 Å². The molecule has 0 fully saturated rings. The number of esters is 1. The molecular weight excluding hydrogens is 428 g/mol. The number of thioether (sulfide) groups is 1. The summed E-state index contributed by atoms with van der Waals surface area (Å²) in [6, 6.07) is 15.3. The minimum atomic E-state index is -0.506. The number of hydrogen-bond acceptors (Lipinski definition) is 8. The van der Waals surface area contributed by atoms with Gasteiger partial charge in [0.25, 0.3) is 0 Å². The van der Waals surface area contributed by atoms with Crippen LogP contribution in [0.1, 0.15) is 24.1 Å².